The van der Waals surface area contributed by atoms with Crippen molar-refractivity contribution in [3.8, 4) is 0 Å². The number of carbonyl (C=O) groups excluding carboxylic acids is 1. The number of amides is 1. The van der Waals surface area contributed by atoms with Gasteiger partial charge in [0.1, 0.15) is 5.58 Å². The van der Waals surface area contributed by atoms with Crippen LogP contribution in [0.15, 0.2) is 57.8 Å². The van der Waals surface area contributed by atoms with Crippen LogP contribution in [0.25, 0.3) is 11.0 Å². The standard InChI is InChI=1S/C19H20N2O4S/c1-13-5-4-6-15-11-17(25-18(13)15)19(22)20-12-14-7-9-16(10-8-14)26(23,24)21(2)3/h4-11H,12H2,1-3H3,(H,20,22). The van der Waals surface area contributed by atoms with Gasteiger partial charge in [0.25, 0.3) is 5.91 Å². The number of sulfonamides is 1. The van der Waals surface area contributed by atoms with Crippen molar-refractivity contribution in [3.63, 3.8) is 0 Å². The number of nitrogens with one attached hydrogen (secondary N) is 1. The quantitative estimate of drug-likeness (QED) is 0.747. The van der Waals surface area contributed by atoms with Crippen molar-refractivity contribution in [1.29, 1.82) is 0 Å². The molecule has 0 bridgehead atoms. The van der Waals surface area contributed by atoms with Gasteiger partial charge in [0.2, 0.25) is 10.0 Å². The first kappa shape index (κ1) is 18.2. The maximum absolute atomic E-state index is 12.3. The third-order valence-electron chi connectivity index (χ3n) is 4.12. The summed E-state index contributed by atoms with van der Waals surface area (Å²) < 4.78 is 30.9. The molecule has 0 aliphatic carbocycles. The Balaban J connectivity index is 1.70. The minimum Gasteiger partial charge on any atom is -0.451 e. The van der Waals surface area contributed by atoms with Crippen molar-refractivity contribution < 1.29 is 17.6 Å². The molecule has 0 radical (unpaired) electrons. The van der Waals surface area contributed by atoms with Gasteiger partial charge in [0.15, 0.2) is 5.76 Å². The van der Waals surface area contributed by atoms with E-state index < -0.39 is 10.0 Å². The monoisotopic (exact) mass is 372 g/mol. The van der Waals surface area contributed by atoms with Crippen LogP contribution in [0.5, 0.6) is 0 Å². The zero-order valence-electron chi connectivity index (χ0n) is 14.8. The molecular formula is C19H20N2O4S. The number of carbonyl (C=O) groups is 1. The molecule has 0 spiro atoms. The second-order valence-electron chi connectivity index (χ2n) is 6.22. The van der Waals surface area contributed by atoms with Crippen LogP contribution in [0.1, 0.15) is 21.7 Å². The topological polar surface area (TPSA) is 79.6 Å². The van der Waals surface area contributed by atoms with E-state index >= 15 is 0 Å². The van der Waals surface area contributed by atoms with E-state index in [1.165, 1.54) is 26.2 Å². The van der Waals surface area contributed by atoms with Crippen LogP contribution < -0.4 is 5.32 Å². The Hall–Kier alpha value is -2.64. The maximum atomic E-state index is 12.3. The second kappa shape index (κ2) is 6.93. The number of benzene rings is 2. The van der Waals surface area contributed by atoms with Crippen LogP contribution in [-0.2, 0) is 16.6 Å². The molecule has 0 atom stereocenters. The maximum Gasteiger partial charge on any atom is 0.287 e. The zero-order chi connectivity index (χ0) is 18.9. The van der Waals surface area contributed by atoms with Crippen LogP contribution in [0, 0.1) is 6.92 Å². The van der Waals surface area contributed by atoms with E-state index in [4.69, 9.17) is 4.42 Å². The second-order valence-corrected chi connectivity index (χ2v) is 8.37. The molecule has 0 fully saturated rings. The number of hydrogen-bond acceptors (Lipinski definition) is 4. The van der Waals surface area contributed by atoms with Gasteiger partial charge in [-0.1, -0.05) is 30.3 Å². The predicted octanol–water partition coefficient (Wildman–Crippen LogP) is 2.92. The van der Waals surface area contributed by atoms with Crippen molar-refractivity contribution >= 4 is 26.9 Å². The van der Waals surface area contributed by atoms with Gasteiger partial charge in [-0.3, -0.25) is 4.79 Å². The summed E-state index contributed by atoms with van der Waals surface area (Å²) in [5.41, 5.74) is 2.47. The number of nitrogens with zero attached hydrogens (tertiary/aromatic N) is 1. The fourth-order valence-corrected chi connectivity index (χ4v) is 3.48. The number of furan rings is 1. The Morgan fingerprint density at radius 3 is 2.42 bits per heavy atom. The summed E-state index contributed by atoms with van der Waals surface area (Å²) in [6.45, 7) is 2.20. The SMILES string of the molecule is Cc1cccc2cc(C(=O)NCc3ccc(S(=O)(=O)N(C)C)cc3)oc12. The summed E-state index contributed by atoms with van der Waals surface area (Å²) in [6, 6.07) is 13.9. The number of para-hydroxylation sites is 1. The molecule has 7 heteroatoms. The Labute approximate surface area is 152 Å². The first-order valence-corrected chi connectivity index (χ1v) is 9.52. The lowest BCUT2D eigenvalue weighted by molar-refractivity contribution is 0.0925. The molecule has 0 unspecified atom stereocenters. The van der Waals surface area contributed by atoms with E-state index in [1.54, 1.807) is 18.2 Å². The highest BCUT2D eigenvalue weighted by molar-refractivity contribution is 7.89. The average Bonchev–Trinajstić information content (AvgIpc) is 3.06. The number of rotatable bonds is 5. The molecule has 0 saturated carbocycles. The molecule has 1 heterocycles. The van der Waals surface area contributed by atoms with Crippen molar-refractivity contribution in [2.45, 2.75) is 18.4 Å². The van der Waals surface area contributed by atoms with E-state index in [2.05, 4.69) is 5.32 Å². The van der Waals surface area contributed by atoms with E-state index in [0.29, 0.717) is 5.58 Å². The van der Waals surface area contributed by atoms with Crippen LogP contribution >= 0.6 is 0 Å². The minimum absolute atomic E-state index is 0.213. The largest absolute Gasteiger partial charge is 0.451 e. The predicted molar refractivity (Wildman–Crippen MR) is 99.4 cm³/mol. The summed E-state index contributed by atoms with van der Waals surface area (Å²) in [5, 5.41) is 3.67. The summed E-state index contributed by atoms with van der Waals surface area (Å²) >= 11 is 0. The Kier molecular flexibility index (Phi) is 4.84. The molecule has 26 heavy (non-hydrogen) atoms. The summed E-state index contributed by atoms with van der Waals surface area (Å²) in [5.74, 6) is -0.0632. The molecule has 0 saturated heterocycles. The molecule has 6 nitrogen and oxygen atoms in total. The Morgan fingerprint density at radius 2 is 1.81 bits per heavy atom. The fraction of sp³-hybridized carbons (Fsp3) is 0.211. The lowest BCUT2D eigenvalue weighted by atomic mass is 10.2. The van der Waals surface area contributed by atoms with Crippen molar-refractivity contribution in [2.75, 3.05) is 14.1 Å². The first-order valence-electron chi connectivity index (χ1n) is 8.08. The van der Waals surface area contributed by atoms with Gasteiger partial charge in [0.05, 0.1) is 4.90 Å². The number of hydrogen-bond donors (Lipinski definition) is 1. The molecular weight excluding hydrogens is 352 g/mol. The molecule has 0 aliphatic rings. The van der Waals surface area contributed by atoms with Crippen LogP contribution in [-0.4, -0.2) is 32.7 Å². The van der Waals surface area contributed by atoms with Crippen molar-refractivity contribution in [1.82, 2.24) is 9.62 Å². The normalized spacial score (nSPS) is 11.8. The highest BCUT2D eigenvalue weighted by atomic mass is 32.2. The van der Waals surface area contributed by atoms with Crippen LogP contribution in [0.3, 0.4) is 0 Å². The van der Waals surface area contributed by atoms with E-state index in [-0.39, 0.29) is 23.1 Å². The smallest absolute Gasteiger partial charge is 0.287 e. The first-order chi connectivity index (χ1) is 12.3. The molecule has 0 aliphatic heterocycles. The average molecular weight is 372 g/mol. The lowest BCUT2D eigenvalue weighted by Crippen LogP contribution is -2.23. The van der Waals surface area contributed by atoms with E-state index in [1.807, 2.05) is 25.1 Å². The summed E-state index contributed by atoms with van der Waals surface area (Å²) in [7, 11) is -0.487. The van der Waals surface area contributed by atoms with Gasteiger partial charge in [0, 0.05) is 26.0 Å². The summed E-state index contributed by atoms with van der Waals surface area (Å²) in [4.78, 5) is 12.5. The van der Waals surface area contributed by atoms with Crippen molar-refractivity contribution in [2.24, 2.45) is 0 Å². The lowest BCUT2D eigenvalue weighted by Gasteiger charge is -2.11. The van der Waals surface area contributed by atoms with Gasteiger partial charge in [-0.05, 0) is 36.2 Å². The van der Waals surface area contributed by atoms with Gasteiger partial charge < -0.3 is 9.73 Å². The minimum atomic E-state index is -3.46. The van der Waals surface area contributed by atoms with Gasteiger partial charge in [-0.15, -0.1) is 0 Å². The van der Waals surface area contributed by atoms with Crippen LogP contribution in [0.2, 0.25) is 0 Å². The third-order valence-corrected chi connectivity index (χ3v) is 5.95. The zero-order valence-corrected chi connectivity index (χ0v) is 15.6. The third kappa shape index (κ3) is 3.49. The summed E-state index contributed by atoms with van der Waals surface area (Å²) in [6.07, 6.45) is 0. The molecule has 3 aromatic rings. The Bertz CT molecular complexity index is 1050. The van der Waals surface area contributed by atoms with Gasteiger partial charge in [-0.25, -0.2) is 12.7 Å². The Morgan fingerprint density at radius 1 is 1.12 bits per heavy atom. The van der Waals surface area contributed by atoms with Crippen LogP contribution in [0.4, 0.5) is 0 Å². The molecule has 1 amide bonds. The van der Waals surface area contributed by atoms with E-state index in [9.17, 15) is 13.2 Å². The molecule has 136 valence electrons. The highest BCUT2D eigenvalue weighted by Crippen LogP contribution is 2.22. The molecule has 2 aromatic carbocycles. The van der Waals surface area contributed by atoms with Gasteiger partial charge >= 0.3 is 0 Å². The molecule has 3 rings (SSSR count). The van der Waals surface area contributed by atoms with Crippen molar-refractivity contribution in [3.05, 3.63) is 65.4 Å². The molecule has 1 aromatic heterocycles. The highest BCUT2D eigenvalue weighted by Gasteiger charge is 2.17. The van der Waals surface area contributed by atoms with Gasteiger partial charge in [-0.2, -0.15) is 0 Å². The number of fused-ring (bicyclic) bond motifs is 1. The fourth-order valence-electron chi connectivity index (χ4n) is 2.58. The molecule has 1 N–H and O–H groups in total. The number of aryl methyl sites for hydroxylation is 1. The van der Waals surface area contributed by atoms with E-state index in [0.717, 1.165) is 20.8 Å².